The molecular formula is C22H31N3O3. The summed E-state index contributed by atoms with van der Waals surface area (Å²) in [7, 11) is 0. The van der Waals surface area contributed by atoms with Gasteiger partial charge in [0.25, 0.3) is 5.91 Å². The summed E-state index contributed by atoms with van der Waals surface area (Å²) in [4.78, 5) is 29.0. The van der Waals surface area contributed by atoms with Crippen LogP contribution in [-0.2, 0) is 11.3 Å². The van der Waals surface area contributed by atoms with Gasteiger partial charge in [-0.2, -0.15) is 0 Å². The monoisotopic (exact) mass is 385 g/mol. The van der Waals surface area contributed by atoms with Crippen molar-refractivity contribution in [3.63, 3.8) is 0 Å². The van der Waals surface area contributed by atoms with Gasteiger partial charge in [0.2, 0.25) is 0 Å². The topological polar surface area (TPSA) is 84.2 Å². The van der Waals surface area contributed by atoms with E-state index in [1.54, 1.807) is 13.8 Å². The van der Waals surface area contributed by atoms with Crippen LogP contribution in [0.15, 0.2) is 30.3 Å². The van der Waals surface area contributed by atoms with E-state index in [2.05, 4.69) is 35.6 Å². The molecule has 0 radical (unpaired) electrons. The van der Waals surface area contributed by atoms with Crippen LogP contribution in [0.3, 0.4) is 0 Å². The second kappa shape index (κ2) is 9.04. The summed E-state index contributed by atoms with van der Waals surface area (Å²) < 4.78 is 2.07. The summed E-state index contributed by atoms with van der Waals surface area (Å²) in [6.45, 7) is 12.4. The Balaban J connectivity index is 2.44. The molecule has 0 bridgehead atoms. The van der Waals surface area contributed by atoms with Crippen molar-refractivity contribution in [3.05, 3.63) is 53.1 Å². The number of aromatic nitrogens is 2. The molecule has 0 saturated heterocycles. The molecular weight excluding hydrogens is 354 g/mol. The molecule has 1 amide bonds. The highest BCUT2D eigenvalue weighted by Crippen LogP contribution is 2.26. The number of amides is 1. The largest absolute Gasteiger partial charge is 0.480 e. The summed E-state index contributed by atoms with van der Waals surface area (Å²) >= 11 is 0. The van der Waals surface area contributed by atoms with Crippen LogP contribution in [0.4, 0.5) is 0 Å². The molecule has 0 fully saturated rings. The van der Waals surface area contributed by atoms with Crippen molar-refractivity contribution < 1.29 is 14.7 Å². The van der Waals surface area contributed by atoms with Crippen LogP contribution in [-0.4, -0.2) is 32.6 Å². The van der Waals surface area contributed by atoms with Crippen LogP contribution in [0.2, 0.25) is 0 Å². The Labute approximate surface area is 167 Å². The third-order valence-corrected chi connectivity index (χ3v) is 5.28. The molecule has 6 heteroatoms. The van der Waals surface area contributed by atoms with Crippen molar-refractivity contribution >= 4 is 11.9 Å². The molecule has 1 heterocycles. The van der Waals surface area contributed by atoms with Crippen molar-refractivity contribution in [3.8, 4) is 0 Å². The second-order valence-corrected chi connectivity index (χ2v) is 8.04. The molecule has 6 nitrogen and oxygen atoms in total. The molecule has 0 aliphatic carbocycles. The maximum Gasteiger partial charge on any atom is 0.326 e. The van der Waals surface area contributed by atoms with E-state index in [0.29, 0.717) is 18.2 Å². The number of rotatable bonds is 8. The number of benzene rings is 1. The van der Waals surface area contributed by atoms with E-state index in [9.17, 15) is 14.7 Å². The van der Waals surface area contributed by atoms with Crippen molar-refractivity contribution in [2.75, 3.05) is 0 Å². The van der Waals surface area contributed by atoms with Gasteiger partial charge in [-0.05, 0) is 24.3 Å². The lowest BCUT2D eigenvalue weighted by Gasteiger charge is -2.18. The predicted molar refractivity (Wildman–Crippen MR) is 109 cm³/mol. The zero-order chi connectivity index (χ0) is 21.0. The molecule has 0 aliphatic heterocycles. The molecule has 0 saturated carbocycles. The Bertz CT molecular complexity index is 825. The maximum absolute atomic E-state index is 12.8. The zero-order valence-corrected chi connectivity index (χ0v) is 17.6. The van der Waals surface area contributed by atoms with E-state index in [4.69, 9.17) is 0 Å². The summed E-state index contributed by atoms with van der Waals surface area (Å²) in [6, 6.07) is 9.09. The van der Waals surface area contributed by atoms with E-state index in [1.165, 1.54) is 0 Å². The Hall–Kier alpha value is -2.63. The number of nitrogens with zero attached hydrogens (tertiary/aromatic N) is 2. The average molecular weight is 386 g/mol. The van der Waals surface area contributed by atoms with E-state index >= 15 is 0 Å². The van der Waals surface area contributed by atoms with Gasteiger partial charge in [-0.15, -0.1) is 0 Å². The minimum Gasteiger partial charge on any atom is -0.480 e. The first-order valence-electron chi connectivity index (χ1n) is 9.78. The van der Waals surface area contributed by atoms with Crippen molar-refractivity contribution in [1.82, 2.24) is 14.9 Å². The standard InChI is InChI=1S/C22H31N3O3/c1-13(2)15(5)20-23-19(21(26)24-18(14(3)4)22(27)28)16(6)25(20)12-17-10-8-7-9-11-17/h7-11,13-15,18H,12H2,1-6H3,(H,24,26)(H,27,28)/t15-,18-/m0/s1. The van der Waals surface area contributed by atoms with Gasteiger partial charge in [-0.25, -0.2) is 9.78 Å². The highest BCUT2D eigenvalue weighted by atomic mass is 16.4. The van der Waals surface area contributed by atoms with E-state index < -0.39 is 17.9 Å². The van der Waals surface area contributed by atoms with Gasteiger partial charge in [0.1, 0.15) is 17.6 Å². The van der Waals surface area contributed by atoms with Crippen molar-refractivity contribution in [2.24, 2.45) is 11.8 Å². The normalized spacial score (nSPS) is 13.6. The second-order valence-electron chi connectivity index (χ2n) is 8.04. The number of carbonyl (C=O) groups excluding carboxylic acids is 1. The number of carbonyl (C=O) groups is 2. The minimum atomic E-state index is -1.04. The maximum atomic E-state index is 12.8. The molecule has 2 atom stereocenters. The predicted octanol–water partition coefficient (Wildman–Crippen LogP) is 3.84. The Kier molecular flexibility index (Phi) is 7.00. The third-order valence-electron chi connectivity index (χ3n) is 5.28. The van der Waals surface area contributed by atoms with Gasteiger partial charge in [-0.1, -0.05) is 65.0 Å². The molecule has 1 aromatic carbocycles. The summed E-state index contributed by atoms with van der Waals surface area (Å²) in [5, 5.41) is 12.0. The number of carboxylic acid groups (broad SMARTS) is 1. The molecule has 2 N–H and O–H groups in total. The van der Waals surface area contributed by atoms with Crippen molar-refractivity contribution in [2.45, 2.75) is 60.0 Å². The molecule has 0 spiro atoms. The van der Waals surface area contributed by atoms with E-state index in [-0.39, 0.29) is 11.8 Å². The number of nitrogens with one attached hydrogen (secondary N) is 1. The first-order chi connectivity index (χ1) is 13.1. The number of hydrogen-bond donors (Lipinski definition) is 2. The zero-order valence-electron chi connectivity index (χ0n) is 17.6. The number of imidazole rings is 1. The van der Waals surface area contributed by atoms with Gasteiger partial charge < -0.3 is 15.0 Å². The smallest absolute Gasteiger partial charge is 0.326 e. The molecule has 0 aliphatic rings. The number of hydrogen-bond acceptors (Lipinski definition) is 3. The first kappa shape index (κ1) is 21.7. The van der Waals surface area contributed by atoms with Crippen LogP contribution in [0.25, 0.3) is 0 Å². The van der Waals surface area contributed by atoms with Crippen LogP contribution >= 0.6 is 0 Å². The van der Waals surface area contributed by atoms with E-state index in [1.807, 2.05) is 37.3 Å². The highest BCUT2D eigenvalue weighted by Gasteiger charge is 2.28. The molecule has 152 valence electrons. The van der Waals surface area contributed by atoms with Crippen LogP contribution < -0.4 is 5.32 Å². The van der Waals surface area contributed by atoms with Crippen LogP contribution in [0.5, 0.6) is 0 Å². The summed E-state index contributed by atoms with van der Waals surface area (Å²) in [6.07, 6.45) is 0. The lowest BCUT2D eigenvalue weighted by Crippen LogP contribution is -2.44. The SMILES string of the molecule is Cc1c(C(=O)N[C@H](C(=O)O)C(C)C)nc([C@@H](C)C(C)C)n1Cc1ccccc1. The average Bonchev–Trinajstić information content (AvgIpc) is 2.95. The number of carboxylic acids is 1. The van der Waals surface area contributed by atoms with Crippen LogP contribution in [0, 0.1) is 18.8 Å². The van der Waals surface area contributed by atoms with Gasteiger partial charge in [-0.3, -0.25) is 4.79 Å². The van der Waals surface area contributed by atoms with Crippen LogP contribution in [0.1, 0.15) is 68.1 Å². The molecule has 2 rings (SSSR count). The molecule has 0 unspecified atom stereocenters. The summed E-state index contributed by atoms with van der Waals surface area (Å²) in [5.74, 6) is -0.345. The lowest BCUT2D eigenvalue weighted by molar-refractivity contribution is -0.140. The Morgan fingerprint density at radius 1 is 1.07 bits per heavy atom. The fraction of sp³-hybridized carbons (Fsp3) is 0.500. The third kappa shape index (κ3) is 4.80. The minimum absolute atomic E-state index is 0.157. The Morgan fingerprint density at radius 3 is 2.18 bits per heavy atom. The fourth-order valence-corrected chi connectivity index (χ4v) is 3.11. The molecule has 28 heavy (non-hydrogen) atoms. The Morgan fingerprint density at radius 2 is 1.68 bits per heavy atom. The van der Waals surface area contributed by atoms with Gasteiger partial charge >= 0.3 is 5.97 Å². The summed E-state index contributed by atoms with van der Waals surface area (Å²) in [5.41, 5.74) is 2.17. The highest BCUT2D eigenvalue weighted by molar-refractivity contribution is 5.96. The van der Waals surface area contributed by atoms with E-state index in [0.717, 1.165) is 17.1 Å². The quantitative estimate of drug-likeness (QED) is 0.723. The lowest BCUT2D eigenvalue weighted by atomic mass is 9.97. The molecule has 2 aromatic rings. The van der Waals surface area contributed by atoms with Gasteiger partial charge in [0.15, 0.2) is 0 Å². The molecule has 1 aromatic heterocycles. The van der Waals surface area contributed by atoms with Gasteiger partial charge in [0, 0.05) is 18.2 Å². The van der Waals surface area contributed by atoms with Gasteiger partial charge in [0.05, 0.1) is 0 Å². The fourth-order valence-electron chi connectivity index (χ4n) is 3.11. The first-order valence-corrected chi connectivity index (χ1v) is 9.78. The van der Waals surface area contributed by atoms with Crippen molar-refractivity contribution in [1.29, 1.82) is 0 Å². The number of aliphatic carboxylic acids is 1.